The minimum absolute atomic E-state index is 0.0291. The number of carbonyl (C=O) groups excluding carboxylic acids is 1. The quantitative estimate of drug-likeness (QED) is 0.882. The Bertz CT molecular complexity index is 780. The van der Waals surface area contributed by atoms with Gasteiger partial charge in [0.1, 0.15) is 0 Å². The monoisotopic (exact) mass is 367 g/mol. The van der Waals surface area contributed by atoms with Crippen LogP contribution in [0.15, 0.2) is 30.5 Å². The number of hydrogen-bond acceptors (Lipinski definition) is 4. The van der Waals surface area contributed by atoms with Gasteiger partial charge >= 0.3 is 0 Å². The van der Waals surface area contributed by atoms with Crippen molar-refractivity contribution in [1.29, 1.82) is 0 Å². The molecule has 144 valence electrons. The van der Waals surface area contributed by atoms with E-state index in [0.29, 0.717) is 11.7 Å². The molecule has 2 aromatic rings. The number of nitrogens with zero attached hydrogens (tertiary/aromatic N) is 4. The Morgan fingerprint density at radius 1 is 1.22 bits per heavy atom. The van der Waals surface area contributed by atoms with Crippen molar-refractivity contribution in [2.45, 2.75) is 57.5 Å². The zero-order valence-corrected chi connectivity index (χ0v) is 16.1. The number of aryl methyl sites for hydroxylation is 1. The largest absolute Gasteiger partial charge is 0.334 e. The summed E-state index contributed by atoms with van der Waals surface area (Å²) in [5, 5.41) is 11.9. The Morgan fingerprint density at radius 3 is 2.78 bits per heavy atom. The molecule has 4 rings (SSSR count). The number of amides is 1. The second-order valence-corrected chi connectivity index (χ2v) is 7.73. The van der Waals surface area contributed by atoms with Gasteiger partial charge in [0.05, 0.1) is 12.2 Å². The summed E-state index contributed by atoms with van der Waals surface area (Å²) in [6.45, 7) is 4.89. The molecule has 1 saturated heterocycles. The van der Waals surface area contributed by atoms with E-state index in [1.165, 1.54) is 11.1 Å². The van der Waals surface area contributed by atoms with E-state index < -0.39 is 0 Å². The lowest BCUT2D eigenvalue weighted by Gasteiger charge is -2.34. The van der Waals surface area contributed by atoms with Gasteiger partial charge in [0, 0.05) is 12.6 Å². The second kappa shape index (κ2) is 8.21. The molecule has 0 spiro atoms. The number of nitrogens with one attached hydrogen (secondary N) is 1. The van der Waals surface area contributed by atoms with Gasteiger partial charge in [-0.15, -0.1) is 5.10 Å². The first kappa shape index (κ1) is 18.2. The van der Waals surface area contributed by atoms with Crippen LogP contribution in [0.3, 0.4) is 0 Å². The highest BCUT2D eigenvalue weighted by Crippen LogP contribution is 2.26. The lowest BCUT2D eigenvalue weighted by Crippen LogP contribution is -2.44. The maximum atomic E-state index is 13.2. The number of hydrogen-bond donors (Lipinski definition) is 1. The molecule has 2 heterocycles. The molecule has 27 heavy (non-hydrogen) atoms. The molecule has 1 aliphatic heterocycles. The van der Waals surface area contributed by atoms with Crippen molar-refractivity contribution >= 4 is 5.91 Å². The average Bonchev–Trinajstić information content (AvgIpc) is 3.22. The summed E-state index contributed by atoms with van der Waals surface area (Å²) in [7, 11) is 0. The molecule has 1 aromatic heterocycles. The predicted octanol–water partition coefficient (Wildman–Crippen LogP) is 2.61. The van der Waals surface area contributed by atoms with Gasteiger partial charge < -0.3 is 10.2 Å². The summed E-state index contributed by atoms with van der Waals surface area (Å²) in [5.41, 5.74) is 3.29. The van der Waals surface area contributed by atoms with E-state index in [2.05, 4.69) is 46.8 Å². The minimum Gasteiger partial charge on any atom is -0.334 e. The first-order valence-electron chi connectivity index (χ1n) is 10.3. The third-order valence-electron chi connectivity index (χ3n) is 5.90. The van der Waals surface area contributed by atoms with E-state index in [4.69, 9.17) is 0 Å². The van der Waals surface area contributed by atoms with Gasteiger partial charge in [-0.05, 0) is 62.7 Å². The topological polar surface area (TPSA) is 63.1 Å². The molecular weight excluding hydrogens is 338 g/mol. The second-order valence-electron chi connectivity index (χ2n) is 7.73. The third kappa shape index (κ3) is 3.90. The highest BCUT2D eigenvalue weighted by molar-refractivity contribution is 5.92. The van der Waals surface area contributed by atoms with E-state index in [0.717, 1.165) is 58.2 Å². The van der Waals surface area contributed by atoms with Gasteiger partial charge in [0.2, 0.25) is 0 Å². The predicted molar refractivity (Wildman–Crippen MR) is 105 cm³/mol. The Morgan fingerprint density at radius 2 is 2.00 bits per heavy atom. The number of benzene rings is 1. The van der Waals surface area contributed by atoms with Crippen LogP contribution < -0.4 is 5.32 Å². The van der Waals surface area contributed by atoms with Crippen LogP contribution in [0.4, 0.5) is 0 Å². The molecule has 0 saturated carbocycles. The molecule has 1 aliphatic carbocycles. The average molecular weight is 367 g/mol. The van der Waals surface area contributed by atoms with Crippen molar-refractivity contribution in [2.24, 2.45) is 0 Å². The summed E-state index contributed by atoms with van der Waals surface area (Å²) in [6.07, 6.45) is 7.87. The summed E-state index contributed by atoms with van der Waals surface area (Å²) >= 11 is 0. The number of fused-ring (bicyclic) bond motifs is 1. The molecule has 1 unspecified atom stereocenters. The van der Waals surface area contributed by atoms with Crippen molar-refractivity contribution in [3.8, 4) is 0 Å². The lowest BCUT2D eigenvalue weighted by molar-refractivity contribution is 0.0655. The van der Waals surface area contributed by atoms with E-state index in [1.54, 1.807) is 0 Å². The van der Waals surface area contributed by atoms with Gasteiger partial charge in [-0.1, -0.05) is 36.4 Å². The summed E-state index contributed by atoms with van der Waals surface area (Å²) in [4.78, 5) is 15.3. The lowest BCUT2D eigenvalue weighted by atomic mass is 9.87. The first-order chi connectivity index (χ1) is 13.3. The fraction of sp³-hybridized carbons (Fsp3) is 0.571. The number of aromatic nitrogens is 3. The molecule has 1 atom stereocenters. The molecule has 0 radical (unpaired) electrons. The zero-order chi connectivity index (χ0) is 18.6. The van der Waals surface area contributed by atoms with Crippen LogP contribution in [0.2, 0.25) is 0 Å². The van der Waals surface area contributed by atoms with Crippen LogP contribution >= 0.6 is 0 Å². The summed E-state index contributed by atoms with van der Waals surface area (Å²) < 4.78 is 1.90. The molecular formula is C21H29N5O. The molecule has 1 amide bonds. The smallest absolute Gasteiger partial charge is 0.276 e. The van der Waals surface area contributed by atoms with Crippen molar-refractivity contribution in [2.75, 3.05) is 19.6 Å². The fourth-order valence-electron chi connectivity index (χ4n) is 4.41. The van der Waals surface area contributed by atoms with E-state index >= 15 is 0 Å². The minimum atomic E-state index is 0.0291. The Hall–Kier alpha value is -2.21. The van der Waals surface area contributed by atoms with E-state index in [9.17, 15) is 4.79 Å². The molecule has 1 N–H and O–H groups in total. The summed E-state index contributed by atoms with van der Waals surface area (Å²) in [6, 6.07) is 9.20. The van der Waals surface area contributed by atoms with Crippen LogP contribution in [0.25, 0.3) is 0 Å². The van der Waals surface area contributed by atoms with E-state index in [1.807, 2.05) is 15.8 Å². The van der Waals surface area contributed by atoms with Crippen molar-refractivity contribution in [1.82, 2.24) is 25.2 Å². The van der Waals surface area contributed by atoms with E-state index in [-0.39, 0.29) is 11.9 Å². The van der Waals surface area contributed by atoms with Gasteiger partial charge in [0.25, 0.3) is 5.91 Å². The van der Waals surface area contributed by atoms with Crippen LogP contribution in [0.5, 0.6) is 0 Å². The molecule has 0 bridgehead atoms. The Labute approximate surface area is 160 Å². The molecule has 1 fully saturated rings. The van der Waals surface area contributed by atoms with Gasteiger partial charge in [0.15, 0.2) is 5.69 Å². The fourth-order valence-corrected chi connectivity index (χ4v) is 4.41. The number of rotatable bonds is 5. The zero-order valence-electron chi connectivity index (χ0n) is 16.1. The molecule has 6 nitrogen and oxygen atoms in total. The van der Waals surface area contributed by atoms with Gasteiger partial charge in [-0.25, -0.2) is 4.68 Å². The first-order valence-corrected chi connectivity index (χ1v) is 10.3. The maximum absolute atomic E-state index is 13.2. The third-order valence-corrected chi connectivity index (χ3v) is 5.90. The molecule has 2 aliphatic rings. The molecule has 6 heteroatoms. The maximum Gasteiger partial charge on any atom is 0.276 e. The van der Waals surface area contributed by atoms with Crippen molar-refractivity contribution in [3.05, 3.63) is 47.3 Å². The standard InChI is InChI=1S/C21H29N5O/c1-2-13-25(19-8-7-16-5-3-4-6-17(16)14-19)21(27)20-15-26(24-23-20)18-9-11-22-12-10-18/h3-6,15,18-19,22H,2,7-14H2,1H3. The summed E-state index contributed by atoms with van der Waals surface area (Å²) in [5.74, 6) is 0.0291. The van der Waals surface area contributed by atoms with Crippen LogP contribution in [0.1, 0.15) is 60.3 Å². The van der Waals surface area contributed by atoms with Gasteiger partial charge in [-0.2, -0.15) is 0 Å². The Balaban J connectivity index is 1.50. The van der Waals surface area contributed by atoms with Crippen molar-refractivity contribution in [3.63, 3.8) is 0 Å². The van der Waals surface area contributed by atoms with Gasteiger partial charge in [-0.3, -0.25) is 4.79 Å². The number of carbonyl (C=O) groups is 1. The van der Waals surface area contributed by atoms with Crippen LogP contribution in [-0.4, -0.2) is 51.5 Å². The highest BCUT2D eigenvalue weighted by atomic mass is 16.2. The highest BCUT2D eigenvalue weighted by Gasteiger charge is 2.29. The van der Waals surface area contributed by atoms with Crippen molar-refractivity contribution < 1.29 is 4.79 Å². The Kier molecular flexibility index (Phi) is 5.53. The number of piperidine rings is 1. The normalized spacial score (nSPS) is 20.3. The van der Waals surface area contributed by atoms with Crippen LogP contribution in [0, 0.1) is 0 Å². The SMILES string of the molecule is CCCN(C(=O)c1cn(C2CCNCC2)nn1)C1CCc2ccccc2C1. The molecule has 1 aromatic carbocycles. The van der Waals surface area contributed by atoms with Crippen LogP contribution in [-0.2, 0) is 12.8 Å².